The Bertz CT molecular complexity index is 881. The quantitative estimate of drug-likeness (QED) is 0.450. The molecule has 1 heterocycles. The molecule has 0 aromatic carbocycles. The Balaban J connectivity index is 2.53. The third-order valence-corrected chi connectivity index (χ3v) is 6.51. The maximum atomic E-state index is 14.5. The highest BCUT2D eigenvalue weighted by atomic mass is 79.9. The van der Waals surface area contributed by atoms with Gasteiger partial charge in [-0.25, -0.2) is 13.4 Å². The Morgan fingerprint density at radius 3 is 2.20 bits per heavy atom. The van der Waals surface area contributed by atoms with Crippen LogP contribution in [0.4, 0.5) is 22.0 Å². The molecule has 1 aromatic heterocycles. The number of nitrogens with zero attached hydrogens (tertiary/aromatic N) is 1. The van der Waals surface area contributed by atoms with E-state index < -0.39 is 53.3 Å². The van der Waals surface area contributed by atoms with Gasteiger partial charge in [-0.05, 0) is 15.9 Å². The van der Waals surface area contributed by atoms with Crippen molar-refractivity contribution in [3.05, 3.63) is 32.6 Å². The molecular weight excluding hydrogens is 505 g/mol. The van der Waals surface area contributed by atoms with Crippen LogP contribution in [-0.2, 0) is 9.84 Å². The maximum absolute atomic E-state index is 14.5. The highest BCUT2D eigenvalue weighted by Gasteiger charge is 2.57. The summed E-state index contributed by atoms with van der Waals surface area (Å²) in [6.45, 7) is 0. The number of allylic oxidation sites excluding steroid dienone is 3. The van der Waals surface area contributed by atoms with E-state index >= 15 is 0 Å². The topological polar surface area (TPSA) is 62.8 Å². The number of nitrogens with one attached hydrogen (secondary N) is 1. The van der Waals surface area contributed by atoms with Gasteiger partial charge in [-0.3, -0.25) is 0 Å². The Kier molecular flexibility index (Phi) is 5.33. The van der Waals surface area contributed by atoms with Crippen LogP contribution in [0.25, 0.3) is 0 Å². The molecular formula is C11H5BrCl3F5N2O2S. The number of rotatable bonds is 3. The van der Waals surface area contributed by atoms with Crippen LogP contribution >= 0.6 is 50.7 Å². The number of hydrogen-bond acceptors (Lipinski definition) is 3. The zero-order chi connectivity index (χ0) is 19.4. The number of imidazole rings is 1. The van der Waals surface area contributed by atoms with Crippen molar-refractivity contribution in [2.45, 2.75) is 27.8 Å². The minimum atomic E-state index is -5.48. The van der Waals surface area contributed by atoms with Crippen LogP contribution in [-0.4, -0.2) is 34.7 Å². The molecule has 1 unspecified atom stereocenters. The highest BCUT2D eigenvalue weighted by Crippen LogP contribution is 2.50. The molecule has 0 saturated heterocycles. The lowest BCUT2D eigenvalue weighted by atomic mass is 9.95. The summed E-state index contributed by atoms with van der Waals surface area (Å²) in [5.74, 6) is 0. The second kappa shape index (κ2) is 6.36. The summed E-state index contributed by atoms with van der Waals surface area (Å²) in [4.78, 5) is 2.37. The van der Waals surface area contributed by atoms with Gasteiger partial charge in [-0.1, -0.05) is 35.4 Å². The molecule has 0 spiro atoms. The molecule has 1 aromatic rings. The molecule has 2 rings (SSSR count). The van der Waals surface area contributed by atoms with Gasteiger partial charge in [0.05, 0.1) is 5.57 Å². The molecule has 0 amide bonds. The number of alkyl halides is 6. The first-order valence-electron chi connectivity index (χ1n) is 6.01. The summed E-state index contributed by atoms with van der Waals surface area (Å²) >= 11 is 19.1. The molecule has 1 aliphatic carbocycles. The standard InChI is InChI=1S/C11H5BrCl3F5N2O2S/c12-8-21-6(14)7(22-8)25(23,24)10(16,17)4-1-2-9(15,3-5(4)13)11(18,19)20/h1-2H,3H2,(H,21,22). The minimum absolute atomic E-state index is 0.226. The molecule has 25 heavy (non-hydrogen) atoms. The zero-order valence-electron chi connectivity index (χ0n) is 11.4. The van der Waals surface area contributed by atoms with Crippen molar-refractivity contribution in [2.75, 3.05) is 0 Å². The maximum Gasteiger partial charge on any atom is 0.411 e. The lowest BCUT2D eigenvalue weighted by Crippen LogP contribution is -2.41. The molecule has 0 bridgehead atoms. The number of sulfone groups is 1. The van der Waals surface area contributed by atoms with Gasteiger partial charge in [-0.2, -0.15) is 22.0 Å². The Hall–Kier alpha value is -0.360. The van der Waals surface area contributed by atoms with E-state index in [2.05, 4.69) is 20.9 Å². The molecule has 0 aliphatic heterocycles. The second-order valence-corrected chi connectivity index (χ2v) is 9.02. The fraction of sp³-hybridized carbons (Fsp3) is 0.364. The van der Waals surface area contributed by atoms with E-state index in [0.29, 0.717) is 0 Å². The van der Waals surface area contributed by atoms with Crippen LogP contribution in [0.15, 0.2) is 32.5 Å². The predicted molar refractivity (Wildman–Crippen MR) is 84.7 cm³/mol. The molecule has 0 saturated carbocycles. The largest absolute Gasteiger partial charge is 0.411 e. The molecule has 1 N–H and O–H groups in total. The summed E-state index contributed by atoms with van der Waals surface area (Å²) in [5.41, 5.74) is -1.34. The van der Waals surface area contributed by atoms with E-state index in [1.54, 1.807) is 0 Å². The van der Waals surface area contributed by atoms with E-state index in [1.807, 2.05) is 4.98 Å². The van der Waals surface area contributed by atoms with E-state index in [1.165, 1.54) is 0 Å². The van der Waals surface area contributed by atoms with Crippen LogP contribution in [0.1, 0.15) is 6.42 Å². The van der Waals surface area contributed by atoms with Gasteiger partial charge in [0, 0.05) is 11.5 Å². The van der Waals surface area contributed by atoms with Crippen molar-refractivity contribution in [2.24, 2.45) is 0 Å². The predicted octanol–water partition coefficient (Wildman–Crippen LogP) is 5.18. The smallest absolute Gasteiger partial charge is 0.322 e. The summed E-state index contributed by atoms with van der Waals surface area (Å²) in [5, 5.41) is -7.61. The van der Waals surface area contributed by atoms with Gasteiger partial charge >= 0.3 is 11.4 Å². The second-order valence-electron chi connectivity index (χ2n) is 4.86. The average Bonchev–Trinajstić information content (AvgIpc) is 2.76. The van der Waals surface area contributed by atoms with E-state index in [-0.39, 0.29) is 16.9 Å². The number of H-pyrrole nitrogens is 1. The number of halogens is 9. The van der Waals surface area contributed by atoms with Crippen LogP contribution in [0, 0.1) is 0 Å². The molecule has 0 fully saturated rings. The zero-order valence-corrected chi connectivity index (χ0v) is 16.1. The van der Waals surface area contributed by atoms with Crippen LogP contribution in [0.2, 0.25) is 5.15 Å². The molecule has 1 aliphatic rings. The summed E-state index contributed by atoms with van der Waals surface area (Å²) in [6.07, 6.45) is -5.77. The monoisotopic (exact) mass is 508 g/mol. The Morgan fingerprint density at radius 2 is 1.80 bits per heavy atom. The average molecular weight is 510 g/mol. The molecule has 1 atom stereocenters. The Morgan fingerprint density at radius 1 is 1.24 bits per heavy atom. The van der Waals surface area contributed by atoms with Gasteiger partial charge in [-0.15, -0.1) is 11.6 Å². The van der Waals surface area contributed by atoms with Gasteiger partial charge in [0.1, 0.15) is 0 Å². The van der Waals surface area contributed by atoms with Gasteiger partial charge in [0.25, 0.3) is 9.84 Å². The summed E-state index contributed by atoms with van der Waals surface area (Å²) in [6, 6.07) is 0. The van der Waals surface area contributed by atoms with Gasteiger partial charge in [0.2, 0.25) is 0 Å². The lowest BCUT2D eigenvalue weighted by molar-refractivity contribution is -0.150. The van der Waals surface area contributed by atoms with Crippen molar-refractivity contribution in [3.63, 3.8) is 0 Å². The summed E-state index contributed by atoms with van der Waals surface area (Å²) in [7, 11) is -5.48. The SMILES string of the molecule is O=S(=O)(c1[nH]c(Br)nc1Cl)C(F)(F)C1=C(Cl)CC(Cl)(C(F)(F)F)C=C1. The third-order valence-electron chi connectivity index (χ3n) is 3.21. The first kappa shape index (κ1) is 20.9. The molecule has 140 valence electrons. The highest BCUT2D eigenvalue weighted by molar-refractivity contribution is 9.10. The number of hydrogen-bond donors (Lipinski definition) is 1. The van der Waals surface area contributed by atoms with Crippen molar-refractivity contribution in [1.82, 2.24) is 9.97 Å². The van der Waals surface area contributed by atoms with Crippen molar-refractivity contribution in [3.8, 4) is 0 Å². The number of aromatic amines is 1. The van der Waals surface area contributed by atoms with Crippen molar-refractivity contribution >= 4 is 60.6 Å². The lowest BCUT2D eigenvalue weighted by Gasteiger charge is -2.31. The normalized spacial score (nSPS) is 22.6. The van der Waals surface area contributed by atoms with Gasteiger partial charge < -0.3 is 4.98 Å². The first-order chi connectivity index (χ1) is 11.1. The summed E-state index contributed by atoms with van der Waals surface area (Å²) < 4.78 is 91.8. The van der Waals surface area contributed by atoms with Gasteiger partial charge in [0.15, 0.2) is 19.8 Å². The fourth-order valence-corrected chi connectivity index (χ4v) is 4.89. The van der Waals surface area contributed by atoms with Crippen LogP contribution < -0.4 is 0 Å². The van der Waals surface area contributed by atoms with E-state index in [4.69, 9.17) is 34.8 Å². The molecule has 14 heteroatoms. The Labute approximate surface area is 161 Å². The van der Waals surface area contributed by atoms with Crippen LogP contribution in [0.5, 0.6) is 0 Å². The molecule has 4 nitrogen and oxygen atoms in total. The van der Waals surface area contributed by atoms with E-state index in [9.17, 15) is 30.4 Å². The van der Waals surface area contributed by atoms with Crippen LogP contribution in [0.3, 0.4) is 0 Å². The molecule has 0 radical (unpaired) electrons. The minimum Gasteiger partial charge on any atom is -0.322 e. The fourth-order valence-electron chi connectivity index (χ4n) is 1.90. The van der Waals surface area contributed by atoms with Crippen molar-refractivity contribution in [1.29, 1.82) is 0 Å². The number of aromatic nitrogens is 2. The van der Waals surface area contributed by atoms with E-state index in [0.717, 1.165) is 0 Å². The first-order valence-corrected chi connectivity index (χ1v) is 9.42. The third kappa shape index (κ3) is 3.45. The van der Waals surface area contributed by atoms with Crippen molar-refractivity contribution < 1.29 is 30.4 Å².